The number of anilines is 1. The molecular formula is C19H18FN3O2. The Morgan fingerprint density at radius 3 is 2.84 bits per heavy atom. The zero-order valence-electron chi connectivity index (χ0n) is 13.5. The average Bonchev–Trinajstić information content (AvgIpc) is 3.15. The van der Waals surface area contributed by atoms with Crippen molar-refractivity contribution in [3.63, 3.8) is 0 Å². The van der Waals surface area contributed by atoms with E-state index in [2.05, 4.69) is 15.5 Å². The summed E-state index contributed by atoms with van der Waals surface area (Å²) in [5.74, 6) is -0.309. The summed E-state index contributed by atoms with van der Waals surface area (Å²) in [7, 11) is 0. The summed E-state index contributed by atoms with van der Waals surface area (Å²) < 4.78 is 18.7. The number of halogens is 1. The Morgan fingerprint density at radius 1 is 1.16 bits per heavy atom. The number of aromatic amines is 1. The van der Waals surface area contributed by atoms with E-state index in [1.54, 1.807) is 24.4 Å². The molecule has 1 heterocycles. The summed E-state index contributed by atoms with van der Waals surface area (Å²) >= 11 is 0. The van der Waals surface area contributed by atoms with Gasteiger partial charge in [0.15, 0.2) is 11.6 Å². The molecule has 0 aliphatic rings. The predicted molar refractivity (Wildman–Crippen MR) is 93.8 cm³/mol. The molecule has 2 N–H and O–H groups in total. The van der Waals surface area contributed by atoms with Gasteiger partial charge in [-0.15, -0.1) is 0 Å². The van der Waals surface area contributed by atoms with Gasteiger partial charge in [0.25, 0.3) is 0 Å². The molecule has 25 heavy (non-hydrogen) atoms. The molecule has 0 atom stereocenters. The predicted octanol–water partition coefficient (Wildman–Crippen LogP) is 4.01. The van der Waals surface area contributed by atoms with Crippen LogP contribution >= 0.6 is 0 Å². The molecule has 1 amide bonds. The zero-order chi connectivity index (χ0) is 17.5. The maximum absolute atomic E-state index is 13.4. The highest BCUT2D eigenvalue weighted by atomic mass is 19.1. The van der Waals surface area contributed by atoms with Gasteiger partial charge in [-0.1, -0.05) is 24.3 Å². The van der Waals surface area contributed by atoms with Crippen LogP contribution in [0.2, 0.25) is 0 Å². The number of hydrogen-bond donors (Lipinski definition) is 2. The summed E-state index contributed by atoms with van der Waals surface area (Å²) in [5.41, 5.74) is 2.54. The topological polar surface area (TPSA) is 67.0 Å². The number of hydrogen-bond acceptors (Lipinski definition) is 3. The van der Waals surface area contributed by atoms with Gasteiger partial charge in [-0.3, -0.25) is 9.89 Å². The fourth-order valence-corrected chi connectivity index (χ4v) is 2.38. The molecule has 0 aliphatic heterocycles. The van der Waals surface area contributed by atoms with Crippen molar-refractivity contribution in [1.82, 2.24) is 10.2 Å². The third-order valence-electron chi connectivity index (χ3n) is 3.60. The molecule has 0 aliphatic carbocycles. The largest absolute Gasteiger partial charge is 0.491 e. The maximum atomic E-state index is 13.4. The summed E-state index contributed by atoms with van der Waals surface area (Å²) in [6.45, 7) is 0.280. The average molecular weight is 339 g/mol. The van der Waals surface area contributed by atoms with E-state index in [9.17, 15) is 9.18 Å². The molecule has 1 aromatic heterocycles. The van der Waals surface area contributed by atoms with E-state index >= 15 is 0 Å². The van der Waals surface area contributed by atoms with Crippen LogP contribution in [0.4, 0.5) is 10.1 Å². The van der Waals surface area contributed by atoms with Crippen molar-refractivity contribution >= 4 is 11.6 Å². The number of nitrogens with one attached hydrogen (secondary N) is 2. The van der Waals surface area contributed by atoms with E-state index in [0.717, 1.165) is 11.3 Å². The van der Waals surface area contributed by atoms with E-state index in [1.165, 1.54) is 6.07 Å². The van der Waals surface area contributed by atoms with E-state index in [4.69, 9.17) is 4.74 Å². The van der Waals surface area contributed by atoms with E-state index < -0.39 is 5.82 Å². The van der Waals surface area contributed by atoms with Gasteiger partial charge in [0.2, 0.25) is 5.91 Å². The molecule has 5 nitrogen and oxygen atoms in total. The molecule has 2 aromatic carbocycles. The normalized spacial score (nSPS) is 10.4. The fourth-order valence-electron chi connectivity index (χ4n) is 2.38. The van der Waals surface area contributed by atoms with Crippen LogP contribution in [-0.2, 0) is 4.79 Å². The second-order valence-corrected chi connectivity index (χ2v) is 5.48. The lowest BCUT2D eigenvalue weighted by atomic mass is 10.1. The summed E-state index contributed by atoms with van der Waals surface area (Å²) in [6.07, 6.45) is 2.47. The van der Waals surface area contributed by atoms with Crippen LogP contribution in [0.5, 0.6) is 5.75 Å². The van der Waals surface area contributed by atoms with Crippen molar-refractivity contribution < 1.29 is 13.9 Å². The zero-order valence-corrected chi connectivity index (χ0v) is 13.5. The highest BCUT2D eigenvalue weighted by Crippen LogP contribution is 2.20. The van der Waals surface area contributed by atoms with Gasteiger partial charge in [0, 0.05) is 23.9 Å². The van der Waals surface area contributed by atoms with Gasteiger partial charge < -0.3 is 10.1 Å². The molecule has 0 bridgehead atoms. The maximum Gasteiger partial charge on any atom is 0.224 e. The minimum Gasteiger partial charge on any atom is -0.491 e. The number of ether oxygens (including phenoxy) is 1. The molecule has 0 saturated carbocycles. The molecule has 3 rings (SSSR count). The number of rotatable bonds is 7. The SMILES string of the molecule is O=C(CCCOc1ccccc1F)Nc1cccc(-c2ccn[nH]2)c1. The van der Waals surface area contributed by atoms with Crippen molar-refractivity contribution in [2.45, 2.75) is 12.8 Å². The first-order valence-electron chi connectivity index (χ1n) is 7.99. The van der Waals surface area contributed by atoms with Gasteiger partial charge in [0.05, 0.1) is 12.3 Å². The third-order valence-corrected chi connectivity index (χ3v) is 3.60. The number of nitrogens with zero attached hydrogens (tertiary/aromatic N) is 1. The molecule has 0 spiro atoms. The Morgan fingerprint density at radius 2 is 2.04 bits per heavy atom. The lowest BCUT2D eigenvalue weighted by Crippen LogP contribution is -2.13. The second-order valence-electron chi connectivity index (χ2n) is 5.48. The number of carbonyl (C=O) groups is 1. The lowest BCUT2D eigenvalue weighted by Gasteiger charge is -2.08. The van der Waals surface area contributed by atoms with Gasteiger partial charge in [-0.2, -0.15) is 5.10 Å². The summed E-state index contributed by atoms with van der Waals surface area (Å²) in [6, 6.07) is 15.6. The number of amides is 1. The van der Waals surface area contributed by atoms with E-state index in [-0.39, 0.29) is 18.3 Å². The number of aromatic nitrogens is 2. The Bertz CT molecular complexity index is 834. The van der Waals surface area contributed by atoms with Crippen LogP contribution in [0.15, 0.2) is 60.8 Å². The molecule has 0 radical (unpaired) electrons. The fraction of sp³-hybridized carbons (Fsp3) is 0.158. The van der Waals surface area contributed by atoms with Crippen molar-refractivity contribution in [3.05, 3.63) is 66.6 Å². The third kappa shape index (κ3) is 4.67. The number of para-hydroxylation sites is 1. The van der Waals surface area contributed by atoms with Gasteiger partial charge in [0.1, 0.15) is 0 Å². The minimum absolute atomic E-state index is 0.112. The highest BCUT2D eigenvalue weighted by Gasteiger charge is 2.06. The molecule has 6 heteroatoms. The van der Waals surface area contributed by atoms with E-state index in [0.29, 0.717) is 18.5 Å². The number of benzene rings is 2. The first kappa shape index (κ1) is 16.7. The molecule has 0 saturated heterocycles. The van der Waals surface area contributed by atoms with Crippen LogP contribution in [0.25, 0.3) is 11.3 Å². The first-order chi connectivity index (χ1) is 12.2. The molecule has 3 aromatic rings. The van der Waals surface area contributed by atoms with Crippen LogP contribution < -0.4 is 10.1 Å². The lowest BCUT2D eigenvalue weighted by molar-refractivity contribution is -0.116. The Balaban J connectivity index is 1.47. The van der Waals surface area contributed by atoms with Crippen LogP contribution in [0.1, 0.15) is 12.8 Å². The first-order valence-corrected chi connectivity index (χ1v) is 7.99. The minimum atomic E-state index is -0.400. The summed E-state index contributed by atoms with van der Waals surface area (Å²) in [4.78, 5) is 12.0. The van der Waals surface area contributed by atoms with Crippen molar-refractivity contribution in [2.24, 2.45) is 0 Å². The number of carbonyl (C=O) groups excluding carboxylic acids is 1. The van der Waals surface area contributed by atoms with Crippen LogP contribution in [0.3, 0.4) is 0 Å². The summed E-state index contributed by atoms with van der Waals surface area (Å²) in [5, 5.41) is 9.65. The Kier molecular flexibility index (Phi) is 5.41. The van der Waals surface area contributed by atoms with Gasteiger partial charge in [-0.25, -0.2) is 4.39 Å². The van der Waals surface area contributed by atoms with Gasteiger partial charge in [-0.05, 0) is 36.8 Å². The van der Waals surface area contributed by atoms with Crippen molar-refractivity contribution in [3.8, 4) is 17.0 Å². The van der Waals surface area contributed by atoms with Crippen molar-refractivity contribution in [2.75, 3.05) is 11.9 Å². The monoisotopic (exact) mass is 339 g/mol. The molecular weight excluding hydrogens is 321 g/mol. The standard InChI is InChI=1S/C19H18FN3O2/c20-16-7-1-2-8-18(16)25-12-4-9-19(24)22-15-6-3-5-14(13-15)17-10-11-21-23-17/h1-3,5-8,10-11,13H,4,9,12H2,(H,21,23)(H,22,24). The molecule has 0 fully saturated rings. The highest BCUT2D eigenvalue weighted by molar-refractivity contribution is 5.91. The van der Waals surface area contributed by atoms with E-state index in [1.807, 2.05) is 30.3 Å². The second kappa shape index (κ2) is 8.10. The van der Waals surface area contributed by atoms with Crippen LogP contribution in [-0.4, -0.2) is 22.7 Å². The number of H-pyrrole nitrogens is 1. The van der Waals surface area contributed by atoms with Crippen molar-refractivity contribution in [1.29, 1.82) is 0 Å². The Hall–Kier alpha value is -3.15. The molecule has 128 valence electrons. The quantitative estimate of drug-likeness (QED) is 0.639. The molecule has 0 unspecified atom stereocenters. The smallest absolute Gasteiger partial charge is 0.224 e. The van der Waals surface area contributed by atoms with Crippen LogP contribution in [0, 0.1) is 5.82 Å². The Labute approximate surface area is 144 Å². The van der Waals surface area contributed by atoms with Gasteiger partial charge >= 0.3 is 0 Å².